The molecule has 1 aromatic carbocycles. The molecule has 0 aliphatic rings. The second kappa shape index (κ2) is 7.29. The van der Waals surface area contributed by atoms with E-state index in [2.05, 4.69) is 41.8 Å². The Balaban J connectivity index is 2.21. The Labute approximate surface area is 116 Å². The van der Waals surface area contributed by atoms with E-state index in [0.29, 0.717) is 13.0 Å². The van der Waals surface area contributed by atoms with Gasteiger partial charge in [-0.1, -0.05) is 31.2 Å². The highest BCUT2D eigenvalue weighted by Crippen LogP contribution is 2.04. The third-order valence-corrected chi connectivity index (χ3v) is 2.80. The minimum absolute atomic E-state index is 0.0985. The molecule has 3 nitrogen and oxygen atoms in total. The van der Waals surface area contributed by atoms with Crippen LogP contribution in [0.1, 0.15) is 45.2 Å². The van der Waals surface area contributed by atoms with Gasteiger partial charge in [0.05, 0.1) is 0 Å². The van der Waals surface area contributed by atoms with Crippen LogP contribution < -0.4 is 10.6 Å². The average Bonchev–Trinajstić information content (AvgIpc) is 2.33. The lowest BCUT2D eigenvalue weighted by molar-refractivity contribution is -0.122. The van der Waals surface area contributed by atoms with Crippen LogP contribution in [0.3, 0.4) is 0 Å². The maximum atomic E-state index is 11.6. The Morgan fingerprint density at radius 3 is 2.21 bits per heavy atom. The number of amides is 1. The predicted molar refractivity (Wildman–Crippen MR) is 80.0 cm³/mol. The van der Waals surface area contributed by atoms with Crippen LogP contribution in [0.5, 0.6) is 0 Å². The van der Waals surface area contributed by atoms with E-state index < -0.39 is 0 Å². The van der Waals surface area contributed by atoms with Gasteiger partial charge in [-0.2, -0.15) is 0 Å². The van der Waals surface area contributed by atoms with Crippen LogP contribution in [-0.2, 0) is 17.8 Å². The summed E-state index contributed by atoms with van der Waals surface area (Å²) in [4.78, 5) is 11.6. The van der Waals surface area contributed by atoms with Gasteiger partial charge in [0.1, 0.15) is 0 Å². The molecule has 2 N–H and O–H groups in total. The van der Waals surface area contributed by atoms with E-state index in [-0.39, 0.29) is 11.4 Å². The molecule has 0 saturated heterocycles. The molecule has 106 valence electrons. The van der Waals surface area contributed by atoms with Gasteiger partial charge in [0.2, 0.25) is 5.91 Å². The van der Waals surface area contributed by atoms with Gasteiger partial charge >= 0.3 is 0 Å². The lowest BCUT2D eigenvalue weighted by atomic mass is 10.1. The highest BCUT2D eigenvalue weighted by atomic mass is 16.1. The molecule has 0 unspecified atom stereocenters. The van der Waals surface area contributed by atoms with Crippen molar-refractivity contribution in [3.63, 3.8) is 0 Å². The zero-order chi connectivity index (χ0) is 14.3. The molecule has 0 saturated carbocycles. The molecule has 19 heavy (non-hydrogen) atoms. The normalized spacial score (nSPS) is 11.4. The summed E-state index contributed by atoms with van der Waals surface area (Å²) in [5, 5.41) is 6.25. The first-order chi connectivity index (χ1) is 8.90. The minimum Gasteiger partial charge on any atom is -0.351 e. The number of rotatable bonds is 6. The first-order valence-corrected chi connectivity index (χ1v) is 7.00. The van der Waals surface area contributed by atoms with Gasteiger partial charge in [-0.05, 0) is 38.3 Å². The van der Waals surface area contributed by atoms with Crippen molar-refractivity contribution in [2.45, 2.75) is 52.6 Å². The molecule has 0 heterocycles. The van der Waals surface area contributed by atoms with Crippen molar-refractivity contribution in [1.82, 2.24) is 10.6 Å². The van der Waals surface area contributed by atoms with E-state index in [1.807, 2.05) is 20.8 Å². The third kappa shape index (κ3) is 6.97. The number of aryl methyl sites for hydroxylation is 1. The van der Waals surface area contributed by atoms with E-state index in [0.717, 1.165) is 13.0 Å². The summed E-state index contributed by atoms with van der Waals surface area (Å²) >= 11 is 0. The second-order valence-electron chi connectivity index (χ2n) is 5.90. The fraction of sp³-hybridized carbons (Fsp3) is 0.562. The molecule has 0 fully saturated rings. The lowest BCUT2D eigenvalue weighted by Gasteiger charge is -2.20. The van der Waals surface area contributed by atoms with Crippen molar-refractivity contribution in [2.75, 3.05) is 6.54 Å². The van der Waals surface area contributed by atoms with Crippen LogP contribution in [0.4, 0.5) is 0 Å². The largest absolute Gasteiger partial charge is 0.351 e. The monoisotopic (exact) mass is 262 g/mol. The number of hydrogen-bond donors (Lipinski definition) is 2. The van der Waals surface area contributed by atoms with E-state index in [1.165, 1.54) is 11.1 Å². The van der Waals surface area contributed by atoms with Crippen molar-refractivity contribution in [1.29, 1.82) is 0 Å². The number of carbonyl (C=O) groups excluding carboxylic acids is 1. The number of nitrogens with one attached hydrogen (secondary N) is 2. The molecule has 1 rings (SSSR count). The van der Waals surface area contributed by atoms with E-state index in [9.17, 15) is 4.79 Å². The standard InChI is InChI=1S/C16H26N2O/c1-5-13-6-8-14(9-7-13)12-17-11-10-15(19)18-16(2,3)4/h6-9,17H,5,10-12H2,1-4H3,(H,18,19). The average molecular weight is 262 g/mol. The minimum atomic E-state index is -0.146. The lowest BCUT2D eigenvalue weighted by Crippen LogP contribution is -2.41. The molecule has 1 amide bonds. The van der Waals surface area contributed by atoms with Gasteiger partial charge in [0.15, 0.2) is 0 Å². The molecule has 0 radical (unpaired) electrons. The highest BCUT2D eigenvalue weighted by Gasteiger charge is 2.12. The quantitative estimate of drug-likeness (QED) is 0.774. The predicted octanol–water partition coefficient (Wildman–Crippen LogP) is 2.64. The summed E-state index contributed by atoms with van der Waals surface area (Å²) in [6.07, 6.45) is 1.59. The Hall–Kier alpha value is -1.35. The van der Waals surface area contributed by atoms with Crippen LogP contribution in [0.2, 0.25) is 0 Å². The summed E-state index contributed by atoms with van der Waals surface area (Å²) in [5.41, 5.74) is 2.47. The zero-order valence-electron chi connectivity index (χ0n) is 12.5. The first-order valence-electron chi connectivity index (χ1n) is 7.00. The molecular formula is C16H26N2O. The molecule has 0 aliphatic carbocycles. The maximum absolute atomic E-state index is 11.6. The van der Waals surface area contributed by atoms with Gasteiger partial charge in [-0.25, -0.2) is 0 Å². The van der Waals surface area contributed by atoms with E-state index in [4.69, 9.17) is 0 Å². The van der Waals surface area contributed by atoms with Crippen LogP contribution in [-0.4, -0.2) is 18.0 Å². The van der Waals surface area contributed by atoms with Gasteiger partial charge in [-0.3, -0.25) is 4.79 Å². The highest BCUT2D eigenvalue weighted by molar-refractivity contribution is 5.76. The second-order valence-corrected chi connectivity index (χ2v) is 5.90. The summed E-state index contributed by atoms with van der Waals surface area (Å²) in [7, 11) is 0. The van der Waals surface area contributed by atoms with Crippen LogP contribution >= 0.6 is 0 Å². The summed E-state index contributed by atoms with van der Waals surface area (Å²) in [5.74, 6) is 0.0985. The molecule has 0 atom stereocenters. The van der Waals surface area contributed by atoms with Gasteiger partial charge in [0.25, 0.3) is 0 Å². The molecule has 0 spiro atoms. The van der Waals surface area contributed by atoms with Gasteiger partial charge in [0, 0.05) is 25.0 Å². The van der Waals surface area contributed by atoms with E-state index in [1.54, 1.807) is 0 Å². The fourth-order valence-corrected chi connectivity index (χ4v) is 1.81. The Kier molecular flexibility index (Phi) is 6.03. The van der Waals surface area contributed by atoms with E-state index >= 15 is 0 Å². The molecule has 1 aromatic rings. The van der Waals surface area contributed by atoms with Gasteiger partial charge in [-0.15, -0.1) is 0 Å². The van der Waals surface area contributed by atoms with Crippen molar-refractivity contribution in [3.8, 4) is 0 Å². The fourth-order valence-electron chi connectivity index (χ4n) is 1.81. The van der Waals surface area contributed by atoms with Crippen LogP contribution in [0.25, 0.3) is 0 Å². The third-order valence-electron chi connectivity index (χ3n) is 2.80. The Morgan fingerprint density at radius 2 is 1.68 bits per heavy atom. The molecular weight excluding hydrogens is 236 g/mol. The number of benzene rings is 1. The van der Waals surface area contributed by atoms with Gasteiger partial charge < -0.3 is 10.6 Å². The summed E-state index contributed by atoms with van der Waals surface area (Å²) in [6.45, 7) is 9.65. The Bertz CT molecular complexity index is 390. The Morgan fingerprint density at radius 1 is 1.11 bits per heavy atom. The van der Waals surface area contributed by atoms with Crippen molar-refractivity contribution in [2.24, 2.45) is 0 Å². The van der Waals surface area contributed by atoms with Crippen molar-refractivity contribution >= 4 is 5.91 Å². The van der Waals surface area contributed by atoms with Crippen molar-refractivity contribution < 1.29 is 4.79 Å². The molecule has 3 heteroatoms. The number of hydrogen-bond acceptors (Lipinski definition) is 2. The summed E-state index contributed by atoms with van der Waals surface area (Å²) < 4.78 is 0. The topological polar surface area (TPSA) is 41.1 Å². The smallest absolute Gasteiger partial charge is 0.221 e. The molecule has 0 aromatic heterocycles. The molecule has 0 bridgehead atoms. The zero-order valence-corrected chi connectivity index (χ0v) is 12.5. The molecule has 0 aliphatic heterocycles. The van der Waals surface area contributed by atoms with Crippen LogP contribution in [0.15, 0.2) is 24.3 Å². The first kappa shape index (κ1) is 15.7. The summed E-state index contributed by atoms with van der Waals surface area (Å²) in [6, 6.07) is 8.59. The van der Waals surface area contributed by atoms with Crippen molar-refractivity contribution in [3.05, 3.63) is 35.4 Å². The SMILES string of the molecule is CCc1ccc(CNCCC(=O)NC(C)(C)C)cc1. The van der Waals surface area contributed by atoms with Crippen LogP contribution in [0, 0.1) is 0 Å². The maximum Gasteiger partial charge on any atom is 0.221 e. The number of carbonyl (C=O) groups is 1.